The molecule has 0 unspecified atom stereocenters. The fourth-order valence-electron chi connectivity index (χ4n) is 1.79. The Bertz CT molecular complexity index is 594. The lowest BCUT2D eigenvalue weighted by Gasteiger charge is -2.11. The Balaban J connectivity index is 2.30. The van der Waals surface area contributed by atoms with Crippen molar-refractivity contribution in [1.82, 2.24) is 0 Å². The zero-order valence-electron chi connectivity index (χ0n) is 10.0. The van der Waals surface area contributed by atoms with E-state index in [-0.39, 0.29) is 11.6 Å². The van der Waals surface area contributed by atoms with Crippen LogP contribution in [0.25, 0.3) is 11.1 Å². The lowest BCUT2D eigenvalue weighted by atomic mass is 10.0. The van der Waals surface area contributed by atoms with Crippen LogP contribution in [0.3, 0.4) is 0 Å². The minimum atomic E-state index is -4.69. The van der Waals surface area contributed by atoms with Crippen LogP contribution in [0.2, 0.25) is 5.02 Å². The molecule has 0 radical (unpaired) electrons. The predicted octanol–water partition coefficient (Wildman–Crippen LogP) is 5.64. The fraction of sp³-hybridized carbons (Fsp3) is 0.143. The van der Waals surface area contributed by atoms with Crippen molar-refractivity contribution in [2.45, 2.75) is 12.2 Å². The summed E-state index contributed by atoms with van der Waals surface area (Å²) in [6, 6.07) is 10.8. The summed E-state index contributed by atoms with van der Waals surface area (Å²) in [7, 11) is 0. The van der Waals surface area contributed by atoms with Crippen molar-refractivity contribution in [3.05, 3.63) is 53.1 Å². The Hall–Kier alpha value is -1.39. The van der Waals surface area contributed by atoms with Gasteiger partial charge < -0.3 is 4.74 Å². The summed E-state index contributed by atoms with van der Waals surface area (Å²) in [5.41, 5.74) is 2.37. The maximum Gasteiger partial charge on any atom is 0.573 e. The van der Waals surface area contributed by atoms with Gasteiger partial charge in [0.2, 0.25) is 0 Å². The standard InChI is InChI=1S/C14H9Cl2F3O/c15-8-10-7-11(16)3-6-13(10)9-1-4-12(5-2-9)20-14(17,18)19/h1-7H,8H2. The van der Waals surface area contributed by atoms with Crippen molar-refractivity contribution in [3.63, 3.8) is 0 Å². The molecule has 2 aromatic carbocycles. The van der Waals surface area contributed by atoms with Crippen LogP contribution >= 0.6 is 23.2 Å². The second-order valence-corrected chi connectivity index (χ2v) is 4.71. The van der Waals surface area contributed by atoms with Crippen LogP contribution in [0.5, 0.6) is 5.75 Å². The van der Waals surface area contributed by atoms with Crippen molar-refractivity contribution >= 4 is 23.2 Å². The molecule has 2 rings (SSSR count). The summed E-state index contributed by atoms with van der Waals surface area (Å²) in [6.07, 6.45) is -4.69. The predicted molar refractivity (Wildman–Crippen MR) is 73.1 cm³/mol. The maximum absolute atomic E-state index is 12.1. The van der Waals surface area contributed by atoms with E-state index in [2.05, 4.69) is 4.74 Å². The molecular formula is C14H9Cl2F3O. The number of rotatable bonds is 3. The Morgan fingerprint density at radius 3 is 2.20 bits per heavy atom. The molecular weight excluding hydrogens is 312 g/mol. The van der Waals surface area contributed by atoms with Gasteiger partial charge in [-0.15, -0.1) is 24.8 Å². The van der Waals surface area contributed by atoms with E-state index in [0.717, 1.165) is 16.7 Å². The molecule has 1 nitrogen and oxygen atoms in total. The average Bonchev–Trinajstić information content (AvgIpc) is 2.38. The quantitative estimate of drug-likeness (QED) is 0.664. The van der Waals surface area contributed by atoms with Crippen LogP contribution in [-0.2, 0) is 5.88 Å². The van der Waals surface area contributed by atoms with Gasteiger partial charge in [0.25, 0.3) is 0 Å². The minimum absolute atomic E-state index is 0.261. The van der Waals surface area contributed by atoms with Crippen molar-refractivity contribution in [1.29, 1.82) is 0 Å². The second kappa shape index (κ2) is 5.94. The molecule has 0 saturated heterocycles. The van der Waals surface area contributed by atoms with Gasteiger partial charge in [-0.2, -0.15) is 0 Å². The van der Waals surface area contributed by atoms with E-state index in [1.807, 2.05) is 0 Å². The zero-order chi connectivity index (χ0) is 14.8. The summed E-state index contributed by atoms with van der Waals surface area (Å²) in [5, 5.41) is 0.557. The Morgan fingerprint density at radius 1 is 1.00 bits per heavy atom. The molecule has 2 aromatic rings. The summed E-state index contributed by atoms with van der Waals surface area (Å²) in [4.78, 5) is 0. The molecule has 0 atom stereocenters. The monoisotopic (exact) mass is 320 g/mol. The van der Waals surface area contributed by atoms with Crippen molar-refractivity contribution in [2.24, 2.45) is 0 Å². The van der Waals surface area contributed by atoms with E-state index in [4.69, 9.17) is 23.2 Å². The lowest BCUT2D eigenvalue weighted by Crippen LogP contribution is -2.16. The first-order valence-corrected chi connectivity index (χ1v) is 6.51. The van der Waals surface area contributed by atoms with Gasteiger partial charge in [-0.05, 0) is 41.0 Å². The smallest absolute Gasteiger partial charge is 0.406 e. The molecule has 0 amide bonds. The van der Waals surface area contributed by atoms with Crippen molar-refractivity contribution in [2.75, 3.05) is 0 Å². The number of alkyl halides is 4. The van der Waals surface area contributed by atoms with Gasteiger partial charge >= 0.3 is 6.36 Å². The van der Waals surface area contributed by atoms with Crippen LogP contribution in [0.15, 0.2) is 42.5 Å². The zero-order valence-corrected chi connectivity index (χ0v) is 11.6. The van der Waals surface area contributed by atoms with Crippen molar-refractivity contribution < 1.29 is 17.9 Å². The van der Waals surface area contributed by atoms with Gasteiger partial charge in [-0.25, -0.2) is 0 Å². The number of hydrogen-bond acceptors (Lipinski definition) is 1. The number of hydrogen-bond donors (Lipinski definition) is 0. The Morgan fingerprint density at radius 2 is 1.65 bits per heavy atom. The van der Waals surface area contributed by atoms with Crippen LogP contribution in [0.1, 0.15) is 5.56 Å². The fourth-order valence-corrected chi connectivity index (χ4v) is 2.21. The summed E-state index contributed by atoms with van der Waals surface area (Å²) >= 11 is 11.7. The SMILES string of the molecule is FC(F)(F)Oc1ccc(-c2ccc(Cl)cc2CCl)cc1. The molecule has 20 heavy (non-hydrogen) atoms. The van der Waals surface area contributed by atoms with E-state index < -0.39 is 6.36 Å². The molecule has 0 saturated carbocycles. The van der Waals surface area contributed by atoms with E-state index in [1.54, 1.807) is 30.3 Å². The minimum Gasteiger partial charge on any atom is -0.406 e. The highest BCUT2D eigenvalue weighted by atomic mass is 35.5. The van der Waals surface area contributed by atoms with E-state index >= 15 is 0 Å². The van der Waals surface area contributed by atoms with Crippen LogP contribution in [0.4, 0.5) is 13.2 Å². The molecule has 0 N–H and O–H groups in total. The first kappa shape index (κ1) is 15.0. The number of halogens is 5. The normalized spacial score (nSPS) is 11.4. The molecule has 0 spiro atoms. The van der Waals surface area contributed by atoms with E-state index in [0.29, 0.717) is 5.02 Å². The summed E-state index contributed by atoms with van der Waals surface area (Å²) in [6.45, 7) is 0. The van der Waals surface area contributed by atoms with Crippen molar-refractivity contribution in [3.8, 4) is 16.9 Å². The van der Waals surface area contributed by atoms with Crippen LogP contribution in [-0.4, -0.2) is 6.36 Å². The largest absolute Gasteiger partial charge is 0.573 e. The third-order valence-corrected chi connectivity index (χ3v) is 3.13. The third-order valence-electron chi connectivity index (χ3n) is 2.61. The van der Waals surface area contributed by atoms with E-state index in [1.165, 1.54) is 12.1 Å². The first-order valence-electron chi connectivity index (χ1n) is 5.59. The second-order valence-electron chi connectivity index (χ2n) is 4.01. The van der Waals surface area contributed by atoms with Gasteiger partial charge in [0.1, 0.15) is 5.75 Å². The summed E-state index contributed by atoms with van der Waals surface area (Å²) < 4.78 is 40.0. The summed E-state index contributed by atoms with van der Waals surface area (Å²) in [5.74, 6) is -0.000836. The Kier molecular flexibility index (Phi) is 4.45. The highest BCUT2D eigenvalue weighted by molar-refractivity contribution is 6.30. The maximum atomic E-state index is 12.1. The van der Waals surface area contributed by atoms with E-state index in [9.17, 15) is 13.2 Å². The van der Waals surface area contributed by atoms with Gasteiger partial charge in [0.15, 0.2) is 0 Å². The first-order chi connectivity index (χ1) is 9.39. The number of ether oxygens (including phenoxy) is 1. The van der Waals surface area contributed by atoms with Gasteiger partial charge in [-0.3, -0.25) is 0 Å². The van der Waals surface area contributed by atoms with Gasteiger partial charge in [-0.1, -0.05) is 29.8 Å². The van der Waals surface area contributed by atoms with Gasteiger partial charge in [0.05, 0.1) is 0 Å². The Labute approximate surface area is 123 Å². The average molecular weight is 321 g/mol. The molecule has 0 aromatic heterocycles. The molecule has 0 bridgehead atoms. The molecule has 6 heteroatoms. The van der Waals surface area contributed by atoms with Crippen LogP contribution in [0, 0.1) is 0 Å². The highest BCUT2D eigenvalue weighted by Crippen LogP contribution is 2.30. The topological polar surface area (TPSA) is 9.23 Å². The molecule has 0 aliphatic heterocycles. The molecule has 106 valence electrons. The molecule has 0 heterocycles. The number of benzene rings is 2. The highest BCUT2D eigenvalue weighted by Gasteiger charge is 2.30. The molecule has 0 fully saturated rings. The molecule has 0 aliphatic rings. The van der Waals surface area contributed by atoms with Gasteiger partial charge in [0, 0.05) is 10.9 Å². The lowest BCUT2D eigenvalue weighted by molar-refractivity contribution is -0.274. The third kappa shape index (κ3) is 3.81. The molecule has 0 aliphatic carbocycles. The van der Waals surface area contributed by atoms with Crippen LogP contribution < -0.4 is 4.74 Å².